The van der Waals surface area contributed by atoms with Crippen molar-refractivity contribution in [3.05, 3.63) is 34.4 Å². The first-order valence-corrected chi connectivity index (χ1v) is 4.44. The monoisotopic (exact) mass is 212 g/mol. The van der Waals surface area contributed by atoms with Crippen LogP contribution in [0.4, 0.5) is 5.69 Å². The van der Waals surface area contributed by atoms with Gasteiger partial charge in [-0.2, -0.15) is 0 Å². The van der Waals surface area contributed by atoms with Crippen molar-refractivity contribution in [3.8, 4) is 0 Å². The predicted octanol–water partition coefficient (Wildman–Crippen LogP) is 3.12. The Morgan fingerprint density at radius 1 is 1.23 bits per heavy atom. The van der Waals surface area contributed by atoms with Crippen LogP contribution < -0.4 is 5.73 Å². The fraction of sp³-hybridized carbons (Fsp3) is 0. The zero-order valence-corrected chi connectivity index (χ0v) is 8.10. The third kappa shape index (κ3) is 1.43. The molecule has 1 aromatic heterocycles. The number of anilines is 1. The van der Waals surface area contributed by atoms with Crippen molar-refractivity contribution in [1.29, 1.82) is 0 Å². The lowest BCUT2D eigenvalue weighted by Gasteiger charge is -2.02. The van der Waals surface area contributed by atoms with Crippen molar-refractivity contribution in [1.82, 2.24) is 4.98 Å². The fourth-order valence-electron chi connectivity index (χ4n) is 1.16. The molecule has 66 valence electrons. The van der Waals surface area contributed by atoms with Crippen molar-refractivity contribution >= 4 is 39.8 Å². The SMILES string of the molecule is Nc1cc2cccc(Cl)c2nc1Cl. The summed E-state index contributed by atoms with van der Waals surface area (Å²) in [5, 5.41) is 1.77. The molecule has 0 atom stereocenters. The molecule has 0 saturated heterocycles. The van der Waals surface area contributed by atoms with Gasteiger partial charge >= 0.3 is 0 Å². The average molecular weight is 213 g/mol. The van der Waals surface area contributed by atoms with E-state index in [1.165, 1.54) is 0 Å². The number of para-hydroxylation sites is 1. The Balaban J connectivity index is 2.89. The number of hydrogen-bond acceptors (Lipinski definition) is 2. The highest BCUT2D eigenvalue weighted by molar-refractivity contribution is 6.36. The quantitative estimate of drug-likeness (QED) is 0.682. The van der Waals surface area contributed by atoms with E-state index in [0.717, 1.165) is 5.39 Å². The molecule has 1 aromatic carbocycles. The van der Waals surface area contributed by atoms with Crippen molar-refractivity contribution in [2.24, 2.45) is 0 Å². The molecule has 13 heavy (non-hydrogen) atoms. The van der Waals surface area contributed by atoms with Gasteiger partial charge in [0.2, 0.25) is 0 Å². The van der Waals surface area contributed by atoms with Crippen LogP contribution in [-0.2, 0) is 0 Å². The van der Waals surface area contributed by atoms with Gasteiger partial charge in [0.05, 0.1) is 16.2 Å². The maximum atomic E-state index is 5.92. The van der Waals surface area contributed by atoms with Crippen molar-refractivity contribution < 1.29 is 0 Å². The Morgan fingerprint density at radius 2 is 2.00 bits per heavy atom. The second kappa shape index (κ2) is 3.05. The number of hydrogen-bond donors (Lipinski definition) is 1. The molecule has 0 unspecified atom stereocenters. The molecule has 2 aromatic rings. The van der Waals surface area contributed by atoms with Crippen LogP contribution in [0.2, 0.25) is 10.2 Å². The summed E-state index contributed by atoms with van der Waals surface area (Å²) in [6.45, 7) is 0. The lowest BCUT2D eigenvalue weighted by Crippen LogP contribution is -1.90. The largest absolute Gasteiger partial charge is 0.396 e. The van der Waals surface area contributed by atoms with E-state index in [0.29, 0.717) is 21.4 Å². The zero-order chi connectivity index (χ0) is 9.42. The van der Waals surface area contributed by atoms with Crippen LogP contribution >= 0.6 is 23.2 Å². The molecule has 4 heteroatoms. The van der Waals surface area contributed by atoms with E-state index in [4.69, 9.17) is 28.9 Å². The molecule has 0 saturated carbocycles. The molecule has 0 bridgehead atoms. The Kier molecular flexibility index (Phi) is 2.02. The lowest BCUT2D eigenvalue weighted by molar-refractivity contribution is 1.41. The summed E-state index contributed by atoms with van der Waals surface area (Å²) >= 11 is 11.7. The van der Waals surface area contributed by atoms with Crippen LogP contribution in [0.25, 0.3) is 10.9 Å². The Bertz CT molecular complexity index is 468. The maximum absolute atomic E-state index is 5.92. The van der Waals surface area contributed by atoms with Gasteiger partial charge in [0.15, 0.2) is 5.15 Å². The van der Waals surface area contributed by atoms with Crippen LogP contribution in [0, 0.1) is 0 Å². The molecular formula is C9H6Cl2N2. The summed E-state index contributed by atoms with van der Waals surface area (Å²) in [6.07, 6.45) is 0. The Labute approximate surface area is 85.3 Å². The van der Waals surface area contributed by atoms with E-state index in [1.54, 1.807) is 12.1 Å². The van der Waals surface area contributed by atoms with Gasteiger partial charge in [-0.05, 0) is 12.1 Å². The normalized spacial score (nSPS) is 10.6. The van der Waals surface area contributed by atoms with Gasteiger partial charge in [-0.3, -0.25) is 0 Å². The van der Waals surface area contributed by atoms with Crippen LogP contribution in [0.5, 0.6) is 0 Å². The van der Waals surface area contributed by atoms with Gasteiger partial charge in [-0.25, -0.2) is 4.98 Å². The lowest BCUT2D eigenvalue weighted by atomic mass is 10.2. The minimum atomic E-state index is 0.292. The molecule has 0 spiro atoms. The number of aromatic nitrogens is 1. The van der Waals surface area contributed by atoms with Gasteiger partial charge in [-0.15, -0.1) is 0 Å². The maximum Gasteiger partial charge on any atom is 0.152 e. The second-order valence-electron chi connectivity index (χ2n) is 2.68. The number of nitrogens with zero attached hydrogens (tertiary/aromatic N) is 1. The number of rotatable bonds is 0. The highest BCUT2D eigenvalue weighted by Gasteiger charge is 2.03. The molecule has 0 aliphatic rings. The van der Waals surface area contributed by atoms with E-state index in [-0.39, 0.29) is 0 Å². The number of nitrogen functional groups attached to an aromatic ring is 1. The molecule has 1 heterocycles. The first-order chi connectivity index (χ1) is 6.18. The third-order valence-electron chi connectivity index (χ3n) is 1.78. The standard InChI is InChI=1S/C9H6Cl2N2/c10-6-3-1-2-5-4-7(12)9(11)13-8(5)6/h1-4H,12H2. The highest BCUT2D eigenvalue weighted by Crippen LogP contribution is 2.26. The van der Waals surface area contributed by atoms with E-state index in [1.807, 2.05) is 12.1 Å². The van der Waals surface area contributed by atoms with E-state index in [9.17, 15) is 0 Å². The summed E-state index contributed by atoms with van der Waals surface area (Å²) < 4.78 is 0. The summed E-state index contributed by atoms with van der Waals surface area (Å²) in [7, 11) is 0. The summed E-state index contributed by atoms with van der Waals surface area (Å²) in [5.74, 6) is 0. The third-order valence-corrected chi connectivity index (χ3v) is 2.38. The van der Waals surface area contributed by atoms with Crippen LogP contribution in [0.1, 0.15) is 0 Å². The van der Waals surface area contributed by atoms with Gasteiger partial charge < -0.3 is 5.73 Å². The molecular weight excluding hydrogens is 207 g/mol. The Morgan fingerprint density at radius 3 is 2.77 bits per heavy atom. The summed E-state index contributed by atoms with van der Waals surface area (Å²) in [5.41, 5.74) is 6.75. The molecule has 2 nitrogen and oxygen atoms in total. The first kappa shape index (κ1) is 8.60. The van der Waals surface area contributed by atoms with E-state index in [2.05, 4.69) is 4.98 Å². The zero-order valence-electron chi connectivity index (χ0n) is 6.59. The average Bonchev–Trinajstić information content (AvgIpc) is 2.09. The topological polar surface area (TPSA) is 38.9 Å². The number of nitrogens with two attached hydrogens (primary N) is 1. The minimum absolute atomic E-state index is 0.292. The molecule has 0 aliphatic heterocycles. The summed E-state index contributed by atoms with van der Waals surface area (Å²) in [4.78, 5) is 4.08. The molecule has 0 amide bonds. The second-order valence-corrected chi connectivity index (χ2v) is 3.45. The van der Waals surface area contributed by atoms with Gasteiger partial charge in [0.1, 0.15) is 0 Å². The molecule has 0 fully saturated rings. The number of halogens is 2. The van der Waals surface area contributed by atoms with Gasteiger partial charge in [0.25, 0.3) is 0 Å². The van der Waals surface area contributed by atoms with Gasteiger partial charge in [0, 0.05) is 5.39 Å². The number of fused-ring (bicyclic) bond motifs is 1. The number of benzene rings is 1. The van der Waals surface area contributed by atoms with Crippen LogP contribution in [0.15, 0.2) is 24.3 Å². The smallest absolute Gasteiger partial charge is 0.152 e. The predicted molar refractivity (Wildman–Crippen MR) is 56.2 cm³/mol. The van der Waals surface area contributed by atoms with Crippen molar-refractivity contribution in [2.45, 2.75) is 0 Å². The van der Waals surface area contributed by atoms with Gasteiger partial charge in [-0.1, -0.05) is 35.3 Å². The van der Waals surface area contributed by atoms with Crippen LogP contribution in [0.3, 0.4) is 0 Å². The van der Waals surface area contributed by atoms with Crippen LogP contribution in [-0.4, -0.2) is 4.98 Å². The van der Waals surface area contributed by atoms with Crippen molar-refractivity contribution in [3.63, 3.8) is 0 Å². The van der Waals surface area contributed by atoms with E-state index >= 15 is 0 Å². The van der Waals surface area contributed by atoms with Crippen molar-refractivity contribution in [2.75, 3.05) is 5.73 Å². The first-order valence-electron chi connectivity index (χ1n) is 3.69. The molecule has 2 rings (SSSR count). The fourth-order valence-corrected chi connectivity index (χ4v) is 1.52. The Hall–Kier alpha value is -0.990. The highest BCUT2D eigenvalue weighted by atomic mass is 35.5. The molecule has 0 aliphatic carbocycles. The minimum Gasteiger partial charge on any atom is -0.396 e. The van der Waals surface area contributed by atoms with E-state index < -0.39 is 0 Å². The molecule has 0 radical (unpaired) electrons. The number of pyridine rings is 1. The summed E-state index contributed by atoms with van der Waals surface area (Å²) in [6, 6.07) is 7.26. The molecule has 2 N–H and O–H groups in total.